The second-order valence-corrected chi connectivity index (χ2v) is 5.20. The van der Waals surface area contributed by atoms with Crippen LogP contribution in [0.1, 0.15) is 20.8 Å². The standard InChI is InChI=1S/C14H15NO2S/c1-9-6-12(17-3)4-5-13(9)15-14(16)11-7-10(2)18-8-11/h4-8H,1-3H3,(H,15,16). The van der Waals surface area contributed by atoms with Crippen molar-refractivity contribution in [2.24, 2.45) is 0 Å². The molecule has 4 heteroatoms. The highest BCUT2D eigenvalue weighted by Gasteiger charge is 2.09. The van der Waals surface area contributed by atoms with Crippen molar-refractivity contribution in [2.75, 3.05) is 12.4 Å². The highest BCUT2D eigenvalue weighted by atomic mass is 32.1. The quantitative estimate of drug-likeness (QED) is 0.916. The molecule has 0 fully saturated rings. The molecule has 1 aromatic carbocycles. The van der Waals surface area contributed by atoms with Crippen LogP contribution in [0.2, 0.25) is 0 Å². The summed E-state index contributed by atoms with van der Waals surface area (Å²) in [5, 5.41) is 4.77. The van der Waals surface area contributed by atoms with E-state index >= 15 is 0 Å². The average Bonchev–Trinajstić information content (AvgIpc) is 2.78. The third kappa shape index (κ3) is 2.71. The Bertz CT molecular complexity index is 575. The Balaban J connectivity index is 2.16. The number of methoxy groups -OCH3 is 1. The molecule has 0 unspecified atom stereocenters. The number of amides is 1. The number of aryl methyl sites for hydroxylation is 2. The number of nitrogens with one attached hydrogen (secondary N) is 1. The Morgan fingerprint density at radius 1 is 1.28 bits per heavy atom. The van der Waals surface area contributed by atoms with E-state index in [-0.39, 0.29) is 5.91 Å². The van der Waals surface area contributed by atoms with E-state index < -0.39 is 0 Å². The molecule has 0 radical (unpaired) electrons. The van der Waals surface area contributed by atoms with Crippen LogP contribution < -0.4 is 10.1 Å². The van der Waals surface area contributed by atoms with Gasteiger partial charge in [0.2, 0.25) is 0 Å². The van der Waals surface area contributed by atoms with E-state index in [0.717, 1.165) is 21.9 Å². The van der Waals surface area contributed by atoms with Crippen molar-refractivity contribution in [1.29, 1.82) is 0 Å². The number of hydrogen-bond acceptors (Lipinski definition) is 3. The Kier molecular flexibility index (Phi) is 3.67. The van der Waals surface area contributed by atoms with E-state index in [1.54, 1.807) is 18.4 Å². The summed E-state index contributed by atoms with van der Waals surface area (Å²) in [6.45, 7) is 3.93. The van der Waals surface area contributed by atoms with Gasteiger partial charge in [0.15, 0.2) is 0 Å². The van der Waals surface area contributed by atoms with E-state index in [4.69, 9.17) is 4.74 Å². The van der Waals surface area contributed by atoms with Gasteiger partial charge in [-0.2, -0.15) is 0 Å². The SMILES string of the molecule is COc1ccc(NC(=O)c2csc(C)c2)c(C)c1. The average molecular weight is 261 g/mol. The molecule has 94 valence electrons. The van der Waals surface area contributed by atoms with E-state index in [1.165, 1.54) is 0 Å². The van der Waals surface area contributed by atoms with Crippen LogP contribution in [0.25, 0.3) is 0 Å². The molecule has 1 amide bonds. The lowest BCUT2D eigenvalue weighted by Gasteiger charge is -2.09. The number of carbonyl (C=O) groups is 1. The molecule has 0 saturated heterocycles. The van der Waals surface area contributed by atoms with E-state index in [1.807, 2.05) is 43.5 Å². The molecule has 0 atom stereocenters. The number of hydrogen-bond donors (Lipinski definition) is 1. The third-order valence-corrected chi connectivity index (χ3v) is 3.54. The lowest BCUT2D eigenvalue weighted by Crippen LogP contribution is -2.11. The van der Waals surface area contributed by atoms with Gasteiger partial charge in [0.25, 0.3) is 5.91 Å². The number of rotatable bonds is 3. The summed E-state index contributed by atoms with van der Waals surface area (Å²) in [6.07, 6.45) is 0. The molecule has 0 bridgehead atoms. The van der Waals surface area contributed by atoms with Gasteiger partial charge in [0.1, 0.15) is 5.75 Å². The highest BCUT2D eigenvalue weighted by Crippen LogP contribution is 2.22. The van der Waals surface area contributed by atoms with Gasteiger partial charge in [0.05, 0.1) is 12.7 Å². The molecule has 3 nitrogen and oxygen atoms in total. The molecule has 2 aromatic rings. The minimum Gasteiger partial charge on any atom is -0.497 e. The van der Waals surface area contributed by atoms with E-state index in [0.29, 0.717) is 5.56 Å². The molecular formula is C14H15NO2S. The molecule has 2 rings (SSSR count). The molecule has 1 aromatic heterocycles. The molecule has 0 spiro atoms. The molecule has 1 N–H and O–H groups in total. The van der Waals surface area contributed by atoms with E-state index in [2.05, 4.69) is 5.32 Å². The van der Waals surface area contributed by atoms with Crippen LogP contribution in [-0.4, -0.2) is 13.0 Å². The number of benzene rings is 1. The largest absolute Gasteiger partial charge is 0.497 e. The van der Waals surface area contributed by atoms with Crippen molar-refractivity contribution < 1.29 is 9.53 Å². The summed E-state index contributed by atoms with van der Waals surface area (Å²) >= 11 is 1.57. The van der Waals surface area contributed by atoms with Gasteiger partial charge in [-0.05, 0) is 43.7 Å². The summed E-state index contributed by atoms with van der Waals surface area (Å²) in [5.41, 5.74) is 2.49. The van der Waals surface area contributed by atoms with Crippen molar-refractivity contribution >= 4 is 22.9 Å². The monoisotopic (exact) mass is 261 g/mol. The van der Waals surface area contributed by atoms with Crippen LogP contribution in [-0.2, 0) is 0 Å². The zero-order valence-electron chi connectivity index (χ0n) is 10.6. The van der Waals surface area contributed by atoms with Gasteiger partial charge in [-0.25, -0.2) is 0 Å². The number of anilines is 1. The van der Waals surface area contributed by atoms with Crippen molar-refractivity contribution in [3.8, 4) is 5.75 Å². The van der Waals surface area contributed by atoms with Gasteiger partial charge < -0.3 is 10.1 Å². The number of carbonyl (C=O) groups excluding carboxylic acids is 1. The van der Waals surface area contributed by atoms with Crippen molar-refractivity contribution in [3.05, 3.63) is 45.6 Å². The Morgan fingerprint density at radius 3 is 2.61 bits per heavy atom. The van der Waals surface area contributed by atoms with Crippen molar-refractivity contribution in [2.45, 2.75) is 13.8 Å². The lowest BCUT2D eigenvalue weighted by atomic mass is 10.2. The first-order valence-corrected chi connectivity index (χ1v) is 6.49. The second kappa shape index (κ2) is 5.23. The summed E-state index contributed by atoms with van der Waals surface area (Å²) in [7, 11) is 1.63. The molecule has 0 aliphatic carbocycles. The van der Waals surface area contributed by atoms with Crippen molar-refractivity contribution in [1.82, 2.24) is 0 Å². The molecule has 18 heavy (non-hydrogen) atoms. The van der Waals surface area contributed by atoms with Crippen molar-refractivity contribution in [3.63, 3.8) is 0 Å². The molecule has 1 heterocycles. The fourth-order valence-corrected chi connectivity index (χ4v) is 2.34. The summed E-state index contributed by atoms with van der Waals surface area (Å²) in [6, 6.07) is 7.47. The van der Waals surface area contributed by atoms with Crippen LogP contribution in [0, 0.1) is 13.8 Å². The van der Waals surface area contributed by atoms with Crippen LogP contribution in [0.4, 0.5) is 5.69 Å². The van der Waals surface area contributed by atoms with Crippen LogP contribution in [0.5, 0.6) is 5.75 Å². The zero-order chi connectivity index (χ0) is 13.1. The third-order valence-electron chi connectivity index (χ3n) is 2.67. The molecule has 0 aliphatic heterocycles. The fourth-order valence-electron chi connectivity index (χ4n) is 1.66. The first-order valence-electron chi connectivity index (χ1n) is 5.61. The number of ether oxygens (including phenoxy) is 1. The molecule has 0 saturated carbocycles. The zero-order valence-corrected chi connectivity index (χ0v) is 11.4. The fraction of sp³-hybridized carbons (Fsp3) is 0.214. The first kappa shape index (κ1) is 12.6. The summed E-state index contributed by atoms with van der Waals surface area (Å²) < 4.78 is 5.13. The predicted molar refractivity (Wildman–Crippen MR) is 74.7 cm³/mol. The minimum atomic E-state index is -0.0763. The predicted octanol–water partition coefficient (Wildman–Crippen LogP) is 3.63. The topological polar surface area (TPSA) is 38.3 Å². The van der Waals surface area contributed by atoms with Gasteiger partial charge >= 0.3 is 0 Å². The maximum atomic E-state index is 12.0. The van der Waals surface area contributed by atoms with E-state index in [9.17, 15) is 4.79 Å². The molecule has 0 aliphatic rings. The summed E-state index contributed by atoms with van der Waals surface area (Å²) in [4.78, 5) is 13.1. The molecular weight excluding hydrogens is 246 g/mol. The Morgan fingerprint density at radius 2 is 2.06 bits per heavy atom. The normalized spacial score (nSPS) is 10.2. The maximum Gasteiger partial charge on any atom is 0.256 e. The van der Waals surface area contributed by atoms with Gasteiger partial charge in [0, 0.05) is 15.9 Å². The first-order chi connectivity index (χ1) is 8.60. The number of thiophene rings is 1. The van der Waals surface area contributed by atoms with Gasteiger partial charge in [-0.1, -0.05) is 0 Å². The van der Waals surface area contributed by atoms with Crippen LogP contribution in [0.3, 0.4) is 0 Å². The van der Waals surface area contributed by atoms with Crippen LogP contribution >= 0.6 is 11.3 Å². The van der Waals surface area contributed by atoms with Crippen LogP contribution in [0.15, 0.2) is 29.6 Å². The Labute approximate surface area is 110 Å². The second-order valence-electron chi connectivity index (χ2n) is 4.08. The lowest BCUT2D eigenvalue weighted by molar-refractivity contribution is 0.102. The minimum absolute atomic E-state index is 0.0763. The smallest absolute Gasteiger partial charge is 0.256 e. The Hall–Kier alpha value is -1.81. The van der Waals surface area contributed by atoms with Gasteiger partial charge in [-0.15, -0.1) is 11.3 Å². The maximum absolute atomic E-state index is 12.0. The summed E-state index contributed by atoms with van der Waals surface area (Å²) in [5.74, 6) is 0.712. The highest BCUT2D eigenvalue weighted by molar-refractivity contribution is 7.10. The van der Waals surface area contributed by atoms with Gasteiger partial charge in [-0.3, -0.25) is 4.79 Å².